The number of halogens is 1. The fourth-order valence-corrected chi connectivity index (χ4v) is 1.67. The molecular weight excluding hydrogens is 249 g/mol. The second kappa shape index (κ2) is 2.52. The molecule has 2 aromatic heterocycles. The molecule has 0 spiro atoms. The van der Waals surface area contributed by atoms with E-state index in [0.29, 0.717) is 0 Å². The molecule has 56 valence electrons. The molecule has 0 saturated carbocycles. The van der Waals surface area contributed by atoms with Crippen LogP contribution in [0.2, 0.25) is 0 Å². The smallest absolute Gasteiger partial charge is 0.0453 e. The van der Waals surface area contributed by atoms with Crippen LogP contribution >= 0.6 is 22.6 Å². The van der Waals surface area contributed by atoms with Crippen molar-refractivity contribution in [3.8, 4) is 0 Å². The summed E-state index contributed by atoms with van der Waals surface area (Å²) in [6, 6.07) is 8.51. The maximum Gasteiger partial charge on any atom is 0.0453 e. The summed E-state index contributed by atoms with van der Waals surface area (Å²) >= 11 is 2.32. The number of hydrogen-bond acceptors (Lipinski definition) is 0. The summed E-state index contributed by atoms with van der Waals surface area (Å²) in [7, 11) is 0. The third kappa shape index (κ3) is 1.15. The molecule has 11 heavy (non-hydrogen) atoms. The molecule has 0 aliphatic heterocycles. The van der Waals surface area contributed by atoms with E-state index in [4.69, 9.17) is 0 Å². The van der Waals surface area contributed by atoms with Crippen LogP contribution in [0, 0.1) is 10.5 Å². The first kappa shape index (κ1) is 7.16. The van der Waals surface area contributed by atoms with Gasteiger partial charge in [0.2, 0.25) is 0 Å². The van der Waals surface area contributed by atoms with Crippen molar-refractivity contribution in [1.29, 1.82) is 0 Å². The Labute approximate surface area is 79.2 Å². The summed E-state index contributed by atoms with van der Waals surface area (Å²) in [5.41, 5.74) is 2.56. The summed E-state index contributed by atoms with van der Waals surface area (Å²) in [6.45, 7) is 2.11. The van der Waals surface area contributed by atoms with Gasteiger partial charge in [-0.05, 0) is 53.8 Å². The number of aromatic nitrogens is 1. The van der Waals surface area contributed by atoms with Crippen LogP contribution in [0.15, 0.2) is 30.5 Å². The lowest BCUT2D eigenvalue weighted by molar-refractivity contribution is 1.10. The predicted octanol–water partition coefficient (Wildman–Crippen LogP) is 2.85. The van der Waals surface area contributed by atoms with Gasteiger partial charge in [0.05, 0.1) is 0 Å². The zero-order valence-corrected chi connectivity index (χ0v) is 8.37. The molecule has 0 radical (unpaired) electrons. The van der Waals surface area contributed by atoms with Crippen LogP contribution in [-0.4, -0.2) is 4.40 Å². The number of aryl methyl sites for hydroxylation is 1. The van der Waals surface area contributed by atoms with Crippen molar-refractivity contribution in [2.45, 2.75) is 6.92 Å². The Hall–Kier alpha value is -0.510. The fraction of sp³-hybridized carbons (Fsp3) is 0.111. The molecule has 2 aromatic rings. The van der Waals surface area contributed by atoms with Gasteiger partial charge in [-0.15, -0.1) is 0 Å². The third-order valence-corrected chi connectivity index (χ3v) is 2.46. The molecule has 0 unspecified atom stereocenters. The monoisotopic (exact) mass is 257 g/mol. The zero-order valence-electron chi connectivity index (χ0n) is 6.21. The van der Waals surface area contributed by atoms with Gasteiger partial charge in [0.15, 0.2) is 0 Å². The number of hydrogen-bond donors (Lipinski definition) is 0. The SMILES string of the molecule is Cc1ccc2ccc(I)cn12. The first-order valence-electron chi connectivity index (χ1n) is 3.50. The van der Waals surface area contributed by atoms with Crippen molar-refractivity contribution in [3.63, 3.8) is 0 Å². The number of rotatable bonds is 0. The lowest BCUT2D eigenvalue weighted by Gasteiger charge is -1.97. The predicted molar refractivity (Wildman–Crippen MR) is 54.9 cm³/mol. The van der Waals surface area contributed by atoms with E-state index in [9.17, 15) is 0 Å². The van der Waals surface area contributed by atoms with Gasteiger partial charge in [0.1, 0.15) is 0 Å². The maximum absolute atomic E-state index is 2.32. The lowest BCUT2D eigenvalue weighted by atomic mass is 10.4. The van der Waals surface area contributed by atoms with E-state index in [1.54, 1.807) is 0 Å². The van der Waals surface area contributed by atoms with Gasteiger partial charge in [-0.3, -0.25) is 0 Å². The number of fused-ring (bicyclic) bond motifs is 1. The molecule has 2 heteroatoms. The van der Waals surface area contributed by atoms with Crippen molar-refractivity contribution in [3.05, 3.63) is 39.7 Å². The Morgan fingerprint density at radius 2 is 1.91 bits per heavy atom. The van der Waals surface area contributed by atoms with Gasteiger partial charge >= 0.3 is 0 Å². The first-order chi connectivity index (χ1) is 5.27. The second-order valence-electron chi connectivity index (χ2n) is 2.62. The maximum atomic E-state index is 2.32. The molecule has 0 aliphatic rings. The molecule has 0 bridgehead atoms. The molecule has 0 aromatic carbocycles. The van der Waals surface area contributed by atoms with Gasteiger partial charge in [-0.1, -0.05) is 0 Å². The van der Waals surface area contributed by atoms with Crippen LogP contribution in [-0.2, 0) is 0 Å². The number of nitrogens with zero attached hydrogens (tertiary/aromatic N) is 1. The average Bonchev–Trinajstić information content (AvgIpc) is 2.33. The Morgan fingerprint density at radius 3 is 2.73 bits per heavy atom. The molecule has 0 atom stereocenters. The highest BCUT2D eigenvalue weighted by molar-refractivity contribution is 14.1. The van der Waals surface area contributed by atoms with Gasteiger partial charge in [-0.25, -0.2) is 0 Å². The van der Waals surface area contributed by atoms with E-state index >= 15 is 0 Å². The average molecular weight is 257 g/mol. The largest absolute Gasteiger partial charge is 0.320 e. The Balaban J connectivity index is 2.87. The van der Waals surface area contributed by atoms with E-state index in [1.807, 2.05) is 0 Å². The van der Waals surface area contributed by atoms with Crippen molar-refractivity contribution >= 4 is 28.1 Å². The third-order valence-electron chi connectivity index (χ3n) is 1.82. The second-order valence-corrected chi connectivity index (χ2v) is 3.86. The van der Waals surface area contributed by atoms with Crippen LogP contribution in [0.5, 0.6) is 0 Å². The fourth-order valence-electron chi connectivity index (χ4n) is 1.21. The summed E-state index contributed by atoms with van der Waals surface area (Å²) in [5, 5.41) is 0. The quantitative estimate of drug-likeness (QED) is 0.639. The highest BCUT2D eigenvalue weighted by Crippen LogP contribution is 2.12. The molecule has 0 saturated heterocycles. The van der Waals surface area contributed by atoms with Crippen molar-refractivity contribution < 1.29 is 0 Å². The van der Waals surface area contributed by atoms with Crippen LogP contribution < -0.4 is 0 Å². The van der Waals surface area contributed by atoms with Gasteiger partial charge in [-0.2, -0.15) is 0 Å². The highest BCUT2D eigenvalue weighted by atomic mass is 127. The summed E-state index contributed by atoms with van der Waals surface area (Å²) in [5.74, 6) is 0. The van der Waals surface area contributed by atoms with E-state index in [2.05, 4.69) is 64.4 Å². The summed E-state index contributed by atoms with van der Waals surface area (Å²) in [4.78, 5) is 0. The zero-order chi connectivity index (χ0) is 7.84. The number of pyridine rings is 1. The van der Waals surface area contributed by atoms with Gasteiger partial charge in [0.25, 0.3) is 0 Å². The molecule has 2 rings (SSSR count). The van der Waals surface area contributed by atoms with E-state index in [-0.39, 0.29) is 0 Å². The van der Waals surface area contributed by atoms with Crippen LogP contribution in [0.25, 0.3) is 5.52 Å². The Morgan fingerprint density at radius 1 is 1.18 bits per heavy atom. The Bertz CT molecular complexity index is 389. The molecule has 2 heterocycles. The molecule has 1 nitrogen and oxygen atoms in total. The van der Waals surface area contributed by atoms with Crippen LogP contribution in [0.3, 0.4) is 0 Å². The molecule has 0 amide bonds. The molecule has 0 N–H and O–H groups in total. The highest BCUT2D eigenvalue weighted by Gasteiger charge is 1.95. The van der Waals surface area contributed by atoms with E-state index in [1.165, 1.54) is 14.8 Å². The lowest BCUT2D eigenvalue weighted by Crippen LogP contribution is -1.86. The van der Waals surface area contributed by atoms with Crippen molar-refractivity contribution in [2.75, 3.05) is 0 Å². The molecule has 0 aliphatic carbocycles. The van der Waals surface area contributed by atoms with Crippen molar-refractivity contribution in [1.82, 2.24) is 4.40 Å². The topological polar surface area (TPSA) is 4.41 Å². The summed E-state index contributed by atoms with van der Waals surface area (Å²) in [6.07, 6.45) is 2.14. The normalized spacial score (nSPS) is 10.7. The minimum Gasteiger partial charge on any atom is -0.320 e. The van der Waals surface area contributed by atoms with Crippen LogP contribution in [0.1, 0.15) is 5.69 Å². The summed E-state index contributed by atoms with van der Waals surface area (Å²) < 4.78 is 3.47. The van der Waals surface area contributed by atoms with E-state index in [0.717, 1.165) is 0 Å². The minimum absolute atomic E-state index is 1.27. The first-order valence-corrected chi connectivity index (χ1v) is 4.58. The van der Waals surface area contributed by atoms with Crippen molar-refractivity contribution in [2.24, 2.45) is 0 Å². The Kier molecular flexibility index (Phi) is 1.64. The minimum atomic E-state index is 1.27. The molecular formula is C9H8IN. The van der Waals surface area contributed by atoms with Gasteiger partial charge in [0, 0.05) is 21.0 Å². The van der Waals surface area contributed by atoms with Crippen LogP contribution in [0.4, 0.5) is 0 Å². The standard InChI is InChI=1S/C9H8IN/c1-7-2-4-9-5-3-8(10)6-11(7)9/h2-6H,1H3. The molecule has 0 fully saturated rings. The van der Waals surface area contributed by atoms with E-state index < -0.39 is 0 Å². The van der Waals surface area contributed by atoms with Gasteiger partial charge < -0.3 is 4.40 Å².